The Morgan fingerprint density at radius 1 is 0.844 bits per heavy atom. The van der Waals surface area contributed by atoms with Crippen molar-refractivity contribution < 1.29 is 9.84 Å². The Kier molecular flexibility index (Phi) is 8.03. The van der Waals surface area contributed by atoms with Gasteiger partial charge in [0.1, 0.15) is 0 Å². The molecule has 0 spiro atoms. The van der Waals surface area contributed by atoms with Gasteiger partial charge >= 0.3 is 0 Å². The molecule has 2 heteroatoms. The number of hydrogen-bond acceptors (Lipinski definition) is 2. The second kappa shape index (κ2) is 10.3. The van der Waals surface area contributed by atoms with Crippen LogP contribution in [0.2, 0.25) is 0 Å². The molecule has 0 bridgehead atoms. The maximum absolute atomic E-state index is 9.09. The molecule has 0 aromatic carbocycles. The van der Waals surface area contributed by atoms with E-state index in [0.717, 1.165) is 54.5 Å². The molecule has 0 heterocycles. The highest BCUT2D eigenvalue weighted by atomic mass is 16.5. The van der Waals surface area contributed by atoms with Crippen LogP contribution in [0, 0.1) is 52.3 Å². The molecule has 4 saturated carbocycles. The first kappa shape index (κ1) is 25.0. The quantitative estimate of drug-likeness (QED) is 0.365. The lowest BCUT2D eigenvalue weighted by Gasteiger charge is -2.61. The third kappa shape index (κ3) is 4.71. The Bertz CT molecular complexity index is 602. The summed E-state index contributed by atoms with van der Waals surface area (Å²) in [6.07, 6.45) is 18.4. The van der Waals surface area contributed by atoms with Gasteiger partial charge < -0.3 is 9.84 Å². The summed E-state index contributed by atoms with van der Waals surface area (Å²) in [5.74, 6) is 6.57. The third-order valence-corrected chi connectivity index (χ3v) is 11.5. The van der Waals surface area contributed by atoms with Crippen molar-refractivity contribution in [2.24, 2.45) is 52.3 Å². The maximum atomic E-state index is 9.09. The zero-order valence-corrected chi connectivity index (χ0v) is 22.1. The van der Waals surface area contributed by atoms with Crippen LogP contribution in [0.1, 0.15) is 118 Å². The summed E-state index contributed by atoms with van der Waals surface area (Å²) in [6, 6.07) is 0. The first-order valence-corrected chi connectivity index (χ1v) is 14.5. The zero-order valence-electron chi connectivity index (χ0n) is 22.1. The predicted octanol–water partition coefficient (Wildman–Crippen LogP) is 7.88. The number of rotatable bonds is 9. The smallest absolute Gasteiger partial charge is 0.0578 e. The first-order valence-electron chi connectivity index (χ1n) is 14.5. The lowest BCUT2D eigenvalue weighted by atomic mass is 9.44. The molecular weight excluding hydrogens is 392 g/mol. The molecule has 0 amide bonds. The Balaban J connectivity index is 1.39. The minimum absolute atomic E-state index is 0.259. The highest BCUT2D eigenvalue weighted by molar-refractivity contribution is 5.09. The molecule has 4 fully saturated rings. The molecule has 0 saturated heterocycles. The molecule has 9 atom stereocenters. The van der Waals surface area contributed by atoms with E-state index in [0.29, 0.717) is 16.9 Å². The number of aliphatic hydroxyl groups is 1. The summed E-state index contributed by atoms with van der Waals surface area (Å²) >= 11 is 0. The molecule has 186 valence electrons. The Hall–Kier alpha value is -0.0800. The van der Waals surface area contributed by atoms with Crippen LogP contribution in [0.5, 0.6) is 0 Å². The maximum Gasteiger partial charge on any atom is 0.0578 e. The van der Waals surface area contributed by atoms with Gasteiger partial charge in [0.2, 0.25) is 0 Å². The van der Waals surface area contributed by atoms with Gasteiger partial charge in [0.05, 0.1) is 6.10 Å². The van der Waals surface area contributed by atoms with E-state index in [-0.39, 0.29) is 6.61 Å². The highest BCUT2D eigenvalue weighted by Crippen LogP contribution is 2.68. The summed E-state index contributed by atoms with van der Waals surface area (Å²) in [7, 11) is 0. The zero-order chi connectivity index (χ0) is 22.9. The van der Waals surface area contributed by atoms with Gasteiger partial charge in [-0.05, 0) is 116 Å². The molecule has 32 heavy (non-hydrogen) atoms. The van der Waals surface area contributed by atoms with Crippen molar-refractivity contribution in [3.8, 4) is 0 Å². The molecule has 4 aliphatic rings. The normalized spacial score (nSPS) is 44.7. The fourth-order valence-electron chi connectivity index (χ4n) is 9.71. The molecule has 2 nitrogen and oxygen atoms in total. The number of fused-ring (bicyclic) bond motifs is 5. The summed E-state index contributed by atoms with van der Waals surface area (Å²) < 4.78 is 6.17. The standard InChI is InChI=1S/C30H54O2/c1-21(2)8-6-9-22(3)26-12-13-27-25-11-10-23-20-24(32-19-7-18-31)14-16-29(23,4)28(25)15-17-30(26,27)5/h21-28,31H,6-20H2,1-5H3/t22?,23?,24?,25?,26-,27?,28?,29+,30-/m1/s1. The summed E-state index contributed by atoms with van der Waals surface area (Å²) in [5, 5.41) is 9.09. The van der Waals surface area contributed by atoms with Gasteiger partial charge in [0.15, 0.2) is 0 Å². The fourth-order valence-corrected chi connectivity index (χ4v) is 9.71. The molecule has 4 rings (SSSR count). The van der Waals surface area contributed by atoms with Crippen molar-refractivity contribution in [1.82, 2.24) is 0 Å². The van der Waals surface area contributed by atoms with E-state index in [1.54, 1.807) is 0 Å². The Morgan fingerprint density at radius 2 is 1.59 bits per heavy atom. The lowest BCUT2D eigenvalue weighted by molar-refractivity contribution is -0.137. The molecule has 6 unspecified atom stereocenters. The van der Waals surface area contributed by atoms with Gasteiger partial charge in [-0.3, -0.25) is 0 Å². The topological polar surface area (TPSA) is 29.5 Å². The predicted molar refractivity (Wildman–Crippen MR) is 135 cm³/mol. The summed E-state index contributed by atoms with van der Waals surface area (Å²) in [4.78, 5) is 0. The van der Waals surface area contributed by atoms with Crippen molar-refractivity contribution in [3.05, 3.63) is 0 Å². The van der Waals surface area contributed by atoms with E-state index >= 15 is 0 Å². The molecule has 1 N–H and O–H groups in total. The SMILES string of the molecule is CC(C)CCCC(C)[C@H]1CCC2C3CCC4CC(OCCCO)CC[C@]4(C)C3CC[C@@]21C. The van der Waals surface area contributed by atoms with Crippen molar-refractivity contribution in [2.75, 3.05) is 13.2 Å². The van der Waals surface area contributed by atoms with E-state index in [1.807, 2.05) is 0 Å². The van der Waals surface area contributed by atoms with Gasteiger partial charge in [-0.15, -0.1) is 0 Å². The lowest BCUT2D eigenvalue weighted by Crippen LogP contribution is -2.54. The van der Waals surface area contributed by atoms with E-state index in [4.69, 9.17) is 9.84 Å². The van der Waals surface area contributed by atoms with Gasteiger partial charge in [-0.1, -0.05) is 53.9 Å². The number of aliphatic hydroxyl groups excluding tert-OH is 1. The number of hydrogen-bond donors (Lipinski definition) is 1. The van der Waals surface area contributed by atoms with Crippen LogP contribution in [0.3, 0.4) is 0 Å². The van der Waals surface area contributed by atoms with E-state index in [2.05, 4.69) is 34.6 Å². The highest BCUT2D eigenvalue weighted by Gasteiger charge is 2.60. The second-order valence-corrected chi connectivity index (χ2v) is 13.5. The van der Waals surface area contributed by atoms with Crippen LogP contribution in [0.25, 0.3) is 0 Å². The Morgan fingerprint density at radius 3 is 2.34 bits per heavy atom. The van der Waals surface area contributed by atoms with Crippen molar-refractivity contribution >= 4 is 0 Å². The second-order valence-electron chi connectivity index (χ2n) is 13.5. The molecular formula is C30H54O2. The molecule has 0 aromatic heterocycles. The largest absolute Gasteiger partial charge is 0.396 e. The van der Waals surface area contributed by atoms with Crippen molar-refractivity contribution in [1.29, 1.82) is 0 Å². The van der Waals surface area contributed by atoms with E-state index in [1.165, 1.54) is 77.0 Å². The molecule has 0 aliphatic heterocycles. The fraction of sp³-hybridized carbons (Fsp3) is 1.00. The van der Waals surface area contributed by atoms with Gasteiger partial charge in [-0.25, -0.2) is 0 Å². The van der Waals surface area contributed by atoms with Crippen molar-refractivity contribution in [3.63, 3.8) is 0 Å². The third-order valence-electron chi connectivity index (χ3n) is 11.5. The van der Waals surface area contributed by atoms with Gasteiger partial charge in [0, 0.05) is 13.2 Å². The first-order chi connectivity index (χ1) is 15.3. The van der Waals surface area contributed by atoms with E-state index in [9.17, 15) is 0 Å². The average molecular weight is 447 g/mol. The van der Waals surface area contributed by atoms with Crippen LogP contribution >= 0.6 is 0 Å². The van der Waals surface area contributed by atoms with Gasteiger partial charge in [-0.2, -0.15) is 0 Å². The van der Waals surface area contributed by atoms with Gasteiger partial charge in [0.25, 0.3) is 0 Å². The number of ether oxygens (including phenoxy) is 1. The van der Waals surface area contributed by atoms with Crippen molar-refractivity contribution in [2.45, 2.75) is 124 Å². The molecule has 4 aliphatic carbocycles. The average Bonchev–Trinajstić information content (AvgIpc) is 3.11. The monoisotopic (exact) mass is 446 g/mol. The Labute approximate surface area is 199 Å². The molecule has 0 aromatic rings. The minimum Gasteiger partial charge on any atom is -0.396 e. The minimum atomic E-state index is 0.259. The van der Waals surface area contributed by atoms with Crippen LogP contribution in [0.4, 0.5) is 0 Å². The summed E-state index contributed by atoms with van der Waals surface area (Å²) in [5.41, 5.74) is 1.17. The van der Waals surface area contributed by atoms with Crippen LogP contribution < -0.4 is 0 Å². The van der Waals surface area contributed by atoms with E-state index < -0.39 is 0 Å². The molecule has 0 radical (unpaired) electrons. The van der Waals surface area contributed by atoms with Crippen LogP contribution in [0.15, 0.2) is 0 Å². The van der Waals surface area contributed by atoms with Crippen LogP contribution in [-0.4, -0.2) is 24.4 Å². The summed E-state index contributed by atoms with van der Waals surface area (Å²) in [6.45, 7) is 13.8. The van der Waals surface area contributed by atoms with Crippen LogP contribution in [-0.2, 0) is 4.74 Å².